The van der Waals surface area contributed by atoms with E-state index in [0.29, 0.717) is 6.04 Å². The molecule has 1 heterocycles. The zero-order valence-electron chi connectivity index (χ0n) is 13.7. The van der Waals surface area contributed by atoms with E-state index in [1.807, 2.05) is 0 Å². The molecular formula is C17H34N2. The molecule has 1 saturated carbocycles. The topological polar surface area (TPSA) is 15.3 Å². The molecule has 1 aliphatic heterocycles. The summed E-state index contributed by atoms with van der Waals surface area (Å²) in [5.41, 5.74) is 0. The van der Waals surface area contributed by atoms with E-state index in [4.69, 9.17) is 0 Å². The Hall–Kier alpha value is -0.0800. The van der Waals surface area contributed by atoms with E-state index in [2.05, 4.69) is 44.8 Å². The summed E-state index contributed by atoms with van der Waals surface area (Å²) < 4.78 is 0. The smallest absolute Gasteiger partial charge is 0.0247 e. The van der Waals surface area contributed by atoms with Gasteiger partial charge in [0.15, 0.2) is 0 Å². The van der Waals surface area contributed by atoms with Gasteiger partial charge in [0.2, 0.25) is 0 Å². The Morgan fingerprint density at radius 1 is 1.00 bits per heavy atom. The summed E-state index contributed by atoms with van der Waals surface area (Å²) in [6.45, 7) is 14.4. The molecule has 1 saturated heterocycles. The molecule has 2 aliphatic rings. The molecule has 112 valence electrons. The molecule has 2 fully saturated rings. The van der Waals surface area contributed by atoms with Crippen LogP contribution in [0.25, 0.3) is 0 Å². The molecule has 2 rings (SSSR count). The van der Waals surface area contributed by atoms with E-state index in [9.17, 15) is 0 Å². The summed E-state index contributed by atoms with van der Waals surface area (Å²) in [7, 11) is 0. The largest absolute Gasteiger partial charge is 0.311 e. The van der Waals surface area contributed by atoms with Crippen LogP contribution in [0.4, 0.5) is 0 Å². The molecule has 2 heteroatoms. The number of hydrogen-bond acceptors (Lipinski definition) is 2. The number of nitrogens with one attached hydrogen (secondary N) is 1. The minimum absolute atomic E-state index is 0.684. The van der Waals surface area contributed by atoms with Crippen LogP contribution in [0.15, 0.2) is 0 Å². The van der Waals surface area contributed by atoms with Crippen LogP contribution >= 0.6 is 0 Å². The van der Waals surface area contributed by atoms with Crippen LogP contribution in [-0.2, 0) is 0 Å². The fourth-order valence-electron chi connectivity index (χ4n) is 4.05. The number of rotatable bonds is 3. The third-order valence-electron chi connectivity index (χ3n) is 5.49. The van der Waals surface area contributed by atoms with E-state index < -0.39 is 0 Å². The van der Waals surface area contributed by atoms with Crippen molar-refractivity contribution in [1.29, 1.82) is 0 Å². The van der Waals surface area contributed by atoms with Gasteiger partial charge in [-0.2, -0.15) is 0 Å². The van der Waals surface area contributed by atoms with Gasteiger partial charge in [0.05, 0.1) is 0 Å². The molecule has 19 heavy (non-hydrogen) atoms. The highest BCUT2D eigenvalue weighted by atomic mass is 15.3. The van der Waals surface area contributed by atoms with E-state index in [1.54, 1.807) is 0 Å². The van der Waals surface area contributed by atoms with Crippen molar-refractivity contribution in [1.82, 2.24) is 10.2 Å². The Balaban J connectivity index is 2.10. The summed E-state index contributed by atoms with van der Waals surface area (Å²) in [5.74, 6) is 2.39. The molecule has 1 N–H and O–H groups in total. The molecule has 0 spiro atoms. The zero-order chi connectivity index (χ0) is 14.0. The second-order valence-corrected chi connectivity index (χ2v) is 7.60. The summed E-state index contributed by atoms with van der Waals surface area (Å²) in [6, 6.07) is 2.26. The van der Waals surface area contributed by atoms with E-state index in [0.717, 1.165) is 29.8 Å². The van der Waals surface area contributed by atoms with Gasteiger partial charge in [0, 0.05) is 31.2 Å². The average Bonchev–Trinajstić information content (AvgIpc) is 2.38. The normalized spacial score (nSPS) is 38.1. The van der Waals surface area contributed by atoms with Gasteiger partial charge in [-0.1, -0.05) is 47.5 Å². The quantitative estimate of drug-likeness (QED) is 0.841. The Kier molecular flexibility index (Phi) is 5.30. The SMILES string of the molecule is CC(C)C1CN(C2CCCCC2C)C(C(C)C)CN1. The third-order valence-corrected chi connectivity index (χ3v) is 5.49. The van der Waals surface area contributed by atoms with Crippen LogP contribution in [0.5, 0.6) is 0 Å². The standard InChI is InChI=1S/C17H34N2/c1-12(2)15-11-19(17(10-18-15)13(3)4)16-9-7-6-8-14(16)5/h12-18H,6-11H2,1-5H3. The van der Waals surface area contributed by atoms with Gasteiger partial charge in [-0.15, -0.1) is 0 Å². The van der Waals surface area contributed by atoms with Crippen molar-refractivity contribution in [2.75, 3.05) is 13.1 Å². The third kappa shape index (κ3) is 3.52. The summed E-state index contributed by atoms with van der Waals surface area (Å²) in [4.78, 5) is 2.88. The molecule has 0 radical (unpaired) electrons. The van der Waals surface area contributed by atoms with Crippen LogP contribution in [0.1, 0.15) is 60.3 Å². The number of nitrogens with zero attached hydrogens (tertiary/aromatic N) is 1. The van der Waals surface area contributed by atoms with Crippen LogP contribution in [0.3, 0.4) is 0 Å². The maximum absolute atomic E-state index is 3.79. The van der Waals surface area contributed by atoms with Crippen molar-refractivity contribution in [2.24, 2.45) is 17.8 Å². The highest BCUT2D eigenvalue weighted by molar-refractivity contribution is 4.94. The lowest BCUT2D eigenvalue weighted by atomic mass is 9.82. The molecule has 0 amide bonds. The van der Waals surface area contributed by atoms with Gasteiger partial charge >= 0.3 is 0 Å². The molecule has 4 unspecified atom stereocenters. The average molecular weight is 266 g/mol. The molecule has 1 aliphatic carbocycles. The fourth-order valence-corrected chi connectivity index (χ4v) is 4.05. The van der Waals surface area contributed by atoms with Gasteiger partial charge in [0.25, 0.3) is 0 Å². The Morgan fingerprint density at radius 2 is 1.68 bits per heavy atom. The molecule has 4 atom stereocenters. The first-order valence-corrected chi connectivity index (χ1v) is 8.49. The first-order chi connectivity index (χ1) is 9.00. The van der Waals surface area contributed by atoms with Crippen LogP contribution in [0, 0.1) is 17.8 Å². The summed E-state index contributed by atoms with van der Waals surface area (Å²) in [6.07, 6.45) is 5.75. The van der Waals surface area contributed by atoms with Crippen molar-refractivity contribution in [3.8, 4) is 0 Å². The molecule has 2 nitrogen and oxygen atoms in total. The lowest BCUT2D eigenvalue weighted by Gasteiger charge is -2.50. The maximum atomic E-state index is 3.79. The van der Waals surface area contributed by atoms with Crippen LogP contribution in [0.2, 0.25) is 0 Å². The molecule has 0 aromatic carbocycles. The first kappa shape index (κ1) is 15.3. The van der Waals surface area contributed by atoms with Crippen molar-refractivity contribution < 1.29 is 0 Å². The Labute approximate surface area is 120 Å². The molecule has 0 bridgehead atoms. The van der Waals surface area contributed by atoms with Gasteiger partial charge in [0.1, 0.15) is 0 Å². The van der Waals surface area contributed by atoms with Gasteiger partial charge in [-0.3, -0.25) is 4.90 Å². The van der Waals surface area contributed by atoms with Gasteiger partial charge in [-0.25, -0.2) is 0 Å². The predicted octanol–water partition coefficient (Wildman–Crippen LogP) is 3.52. The first-order valence-electron chi connectivity index (χ1n) is 8.49. The lowest BCUT2D eigenvalue weighted by Crippen LogP contribution is -2.63. The summed E-state index contributed by atoms with van der Waals surface area (Å²) >= 11 is 0. The number of piperazine rings is 1. The van der Waals surface area contributed by atoms with E-state index in [1.165, 1.54) is 38.8 Å². The lowest BCUT2D eigenvalue weighted by molar-refractivity contribution is 0.00922. The maximum Gasteiger partial charge on any atom is 0.0247 e. The Morgan fingerprint density at radius 3 is 2.26 bits per heavy atom. The molecule has 0 aromatic rings. The summed E-state index contributed by atoms with van der Waals surface area (Å²) in [5, 5.41) is 3.79. The van der Waals surface area contributed by atoms with Crippen molar-refractivity contribution in [3.05, 3.63) is 0 Å². The van der Waals surface area contributed by atoms with Crippen molar-refractivity contribution in [3.63, 3.8) is 0 Å². The predicted molar refractivity (Wildman–Crippen MR) is 83.4 cm³/mol. The minimum Gasteiger partial charge on any atom is -0.311 e. The molecule has 0 aromatic heterocycles. The van der Waals surface area contributed by atoms with Crippen molar-refractivity contribution >= 4 is 0 Å². The fraction of sp³-hybridized carbons (Fsp3) is 1.00. The highest BCUT2D eigenvalue weighted by Crippen LogP contribution is 2.32. The van der Waals surface area contributed by atoms with Gasteiger partial charge < -0.3 is 5.32 Å². The van der Waals surface area contributed by atoms with Crippen LogP contribution in [-0.4, -0.2) is 36.1 Å². The highest BCUT2D eigenvalue weighted by Gasteiger charge is 2.37. The Bertz CT molecular complexity index is 274. The monoisotopic (exact) mass is 266 g/mol. The van der Waals surface area contributed by atoms with Crippen LogP contribution < -0.4 is 5.32 Å². The van der Waals surface area contributed by atoms with Gasteiger partial charge in [-0.05, 0) is 30.6 Å². The van der Waals surface area contributed by atoms with E-state index in [-0.39, 0.29) is 0 Å². The second-order valence-electron chi connectivity index (χ2n) is 7.60. The second kappa shape index (κ2) is 6.58. The zero-order valence-corrected chi connectivity index (χ0v) is 13.7. The number of hydrogen-bond donors (Lipinski definition) is 1. The molecular weight excluding hydrogens is 232 g/mol. The minimum atomic E-state index is 0.684. The van der Waals surface area contributed by atoms with Crippen molar-refractivity contribution in [2.45, 2.75) is 78.4 Å². The van der Waals surface area contributed by atoms with E-state index >= 15 is 0 Å².